The van der Waals surface area contributed by atoms with Gasteiger partial charge in [0.05, 0.1) is 24.1 Å². The number of nitrogens with one attached hydrogen (secondary N) is 1. The summed E-state index contributed by atoms with van der Waals surface area (Å²) in [5, 5.41) is 4.83. The summed E-state index contributed by atoms with van der Waals surface area (Å²) in [6.45, 7) is 7.27. The zero-order valence-corrected chi connectivity index (χ0v) is 17.1. The van der Waals surface area contributed by atoms with Crippen molar-refractivity contribution >= 4 is 34.2 Å². The molecule has 9 heteroatoms. The molecule has 0 spiro atoms. The Morgan fingerprint density at radius 3 is 2.50 bits per heavy atom. The molecular weight excluding hydrogens is 382 g/mol. The number of hydrogen-bond acceptors (Lipinski definition) is 8. The lowest BCUT2D eigenvalue weighted by Gasteiger charge is -2.10. The molecule has 28 heavy (non-hydrogen) atoms. The molecular formula is C19H23N3O5S. The number of aryl methyl sites for hydroxylation is 1. The fourth-order valence-electron chi connectivity index (χ4n) is 2.37. The maximum absolute atomic E-state index is 12.3. The van der Waals surface area contributed by atoms with Crippen LogP contribution in [0, 0.1) is 12.8 Å². The molecule has 1 amide bonds. The highest BCUT2D eigenvalue weighted by molar-refractivity contribution is 7.15. The first-order valence-electron chi connectivity index (χ1n) is 8.84. The summed E-state index contributed by atoms with van der Waals surface area (Å²) in [6, 6.07) is 0. The molecule has 0 saturated carbocycles. The molecule has 0 aromatic carbocycles. The number of carbonyl (C=O) groups excluding carboxylic acids is 3. The molecule has 2 rings (SSSR count). The summed E-state index contributed by atoms with van der Waals surface area (Å²) in [6.07, 6.45) is 3.40. The lowest BCUT2D eigenvalue weighted by atomic mass is 10.0. The summed E-state index contributed by atoms with van der Waals surface area (Å²) in [5.74, 6) is -1.46. The highest BCUT2D eigenvalue weighted by Crippen LogP contribution is 2.30. The molecule has 8 nitrogen and oxygen atoms in total. The minimum Gasteiger partial charge on any atom is -0.462 e. The van der Waals surface area contributed by atoms with E-state index in [4.69, 9.17) is 9.47 Å². The normalized spacial score (nSPS) is 10.6. The Morgan fingerprint density at radius 2 is 1.89 bits per heavy atom. The Morgan fingerprint density at radius 1 is 1.14 bits per heavy atom. The van der Waals surface area contributed by atoms with Gasteiger partial charge in [0.15, 0.2) is 12.3 Å². The number of aromatic nitrogens is 2. The van der Waals surface area contributed by atoms with Crippen LogP contribution in [0.1, 0.15) is 52.9 Å². The van der Waals surface area contributed by atoms with Crippen LogP contribution in [-0.2, 0) is 20.7 Å². The Hall–Kier alpha value is -2.81. The largest absolute Gasteiger partial charge is 0.462 e. The molecule has 0 aliphatic heterocycles. The molecule has 0 atom stereocenters. The molecule has 150 valence electrons. The number of rotatable bonds is 8. The van der Waals surface area contributed by atoms with Gasteiger partial charge >= 0.3 is 11.9 Å². The molecule has 0 unspecified atom stereocenters. The minimum absolute atomic E-state index is 0.0148. The van der Waals surface area contributed by atoms with Crippen LogP contribution in [0.5, 0.6) is 0 Å². The second-order valence-electron chi connectivity index (χ2n) is 6.45. The summed E-state index contributed by atoms with van der Waals surface area (Å²) in [7, 11) is 0. The van der Waals surface area contributed by atoms with E-state index >= 15 is 0 Å². The van der Waals surface area contributed by atoms with Gasteiger partial charge in [0.2, 0.25) is 0 Å². The second-order valence-corrected chi connectivity index (χ2v) is 7.33. The van der Waals surface area contributed by atoms with Crippen LogP contribution in [0.3, 0.4) is 0 Å². The number of ether oxygens (including phenoxy) is 2. The van der Waals surface area contributed by atoms with Gasteiger partial charge in [-0.15, -0.1) is 11.3 Å². The minimum atomic E-state index is -0.750. The third kappa shape index (κ3) is 5.85. The molecule has 0 aliphatic carbocycles. The predicted octanol–water partition coefficient (Wildman–Crippen LogP) is 3.02. The van der Waals surface area contributed by atoms with Crippen molar-refractivity contribution in [1.82, 2.24) is 9.97 Å². The number of nitrogens with zero attached hydrogens (tertiary/aromatic N) is 2. The van der Waals surface area contributed by atoms with E-state index in [1.807, 2.05) is 19.2 Å². The van der Waals surface area contributed by atoms with Crippen molar-refractivity contribution in [3.63, 3.8) is 0 Å². The van der Waals surface area contributed by atoms with Crippen LogP contribution in [0.25, 0.3) is 0 Å². The van der Waals surface area contributed by atoms with E-state index in [-0.39, 0.29) is 12.3 Å². The lowest BCUT2D eigenvalue weighted by Crippen LogP contribution is -2.22. The zero-order chi connectivity index (χ0) is 20.7. The number of anilines is 1. The lowest BCUT2D eigenvalue weighted by molar-refractivity contribution is -0.119. The first-order chi connectivity index (χ1) is 13.3. The number of hydrogen-bond donors (Lipinski definition) is 1. The van der Waals surface area contributed by atoms with Crippen molar-refractivity contribution in [1.29, 1.82) is 0 Å². The van der Waals surface area contributed by atoms with Crippen LogP contribution in [0.4, 0.5) is 5.00 Å². The van der Waals surface area contributed by atoms with E-state index in [1.165, 1.54) is 23.7 Å². The average molecular weight is 405 g/mol. The van der Waals surface area contributed by atoms with Gasteiger partial charge in [-0.1, -0.05) is 13.8 Å². The average Bonchev–Trinajstić information content (AvgIpc) is 3.02. The molecule has 2 aromatic heterocycles. The fraction of sp³-hybridized carbons (Fsp3) is 0.421. The third-order valence-corrected chi connectivity index (χ3v) is 4.50. The summed E-state index contributed by atoms with van der Waals surface area (Å²) >= 11 is 1.24. The van der Waals surface area contributed by atoms with E-state index in [2.05, 4.69) is 15.3 Å². The van der Waals surface area contributed by atoms with Crippen molar-refractivity contribution < 1.29 is 23.9 Å². The van der Waals surface area contributed by atoms with Gasteiger partial charge in [-0.25, -0.2) is 14.6 Å². The standard InChI is InChI=1S/C19H23N3O5S/c1-5-26-19(25)16-13(6-11(2)3)10-28-17(16)22-15(23)9-27-18(24)14-8-20-12(4)7-21-14/h7-8,10-11H,5-6,9H2,1-4H3,(H,22,23). The summed E-state index contributed by atoms with van der Waals surface area (Å²) in [5.41, 5.74) is 1.85. The van der Waals surface area contributed by atoms with Crippen molar-refractivity contribution in [2.45, 2.75) is 34.1 Å². The van der Waals surface area contributed by atoms with Gasteiger partial charge in [-0.3, -0.25) is 9.78 Å². The van der Waals surface area contributed by atoms with Crippen molar-refractivity contribution in [3.8, 4) is 0 Å². The van der Waals surface area contributed by atoms with Crippen molar-refractivity contribution in [3.05, 3.63) is 40.3 Å². The van der Waals surface area contributed by atoms with Gasteiger partial charge in [0, 0.05) is 6.20 Å². The fourth-order valence-corrected chi connectivity index (χ4v) is 3.35. The molecule has 1 N–H and O–H groups in total. The topological polar surface area (TPSA) is 107 Å². The Labute approximate surface area is 167 Å². The first-order valence-corrected chi connectivity index (χ1v) is 9.72. The van der Waals surface area contributed by atoms with Gasteiger partial charge in [0.1, 0.15) is 5.00 Å². The maximum Gasteiger partial charge on any atom is 0.359 e. The summed E-state index contributed by atoms with van der Waals surface area (Å²) in [4.78, 5) is 44.3. The van der Waals surface area contributed by atoms with Crippen molar-refractivity contribution in [2.24, 2.45) is 5.92 Å². The van der Waals surface area contributed by atoms with Gasteiger partial charge in [0.25, 0.3) is 5.91 Å². The molecule has 0 bridgehead atoms. The van der Waals surface area contributed by atoms with Crippen LogP contribution >= 0.6 is 11.3 Å². The number of amides is 1. The van der Waals surface area contributed by atoms with Crippen molar-refractivity contribution in [2.75, 3.05) is 18.5 Å². The SMILES string of the molecule is CCOC(=O)c1c(CC(C)C)csc1NC(=O)COC(=O)c1cnc(C)cn1. The smallest absolute Gasteiger partial charge is 0.359 e. The van der Waals surface area contributed by atoms with Crippen LogP contribution in [-0.4, -0.2) is 41.0 Å². The monoisotopic (exact) mass is 405 g/mol. The molecule has 0 aliphatic rings. The van der Waals surface area contributed by atoms with Crippen LogP contribution < -0.4 is 5.32 Å². The van der Waals surface area contributed by atoms with Gasteiger partial charge < -0.3 is 14.8 Å². The van der Waals surface area contributed by atoms with E-state index in [1.54, 1.807) is 13.8 Å². The Kier molecular flexibility index (Phi) is 7.62. The second kappa shape index (κ2) is 9.93. The van der Waals surface area contributed by atoms with Gasteiger partial charge in [-0.2, -0.15) is 0 Å². The van der Waals surface area contributed by atoms with Crippen LogP contribution in [0.15, 0.2) is 17.8 Å². The number of thiophene rings is 1. The zero-order valence-electron chi connectivity index (χ0n) is 16.3. The number of esters is 2. The van der Waals surface area contributed by atoms with E-state index in [9.17, 15) is 14.4 Å². The molecule has 0 radical (unpaired) electrons. The predicted molar refractivity (Wildman–Crippen MR) is 104 cm³/mol. The molecule has 2 heterocycles. The van der Waals surface area contributed by atoms with Gasteiger partial charge in [-0.05, 0) is 37.1 Å². The van der Waals surface area contributed by atoms with E-state index in [0.717, 1.165) is 5.56 Å². The quantitative estimate of drug-likeness (QED) is 0.673. The molecule has 0 fully saturated rings. The number of carbonyl (C=O) groups is 3. The molecule has 0 saturated heterocycles. The van der Waals surface area contributed by atoms with Crippen LogP contribution in [0.2, 0.25) is 0 Å². The van der Waals surface area contributed by atoms with E-state index < -0.39 is 24.5 Å². The Balaban J connectivity index is 2.04. The first kappa shape index (κ1) is 21.5. The maximum atomic E-state index is 12.3. The van der Waals surface area contributed by atoms with E-state index in [0.29, 0.717) is 28.6 Å². The highest BCUT2D eigenvalue weighted by Gasteiger charge is 2.22. The highest BCUT2D eigenvalue weighted by atomic mass is 32.1. The Bertz CT molecular complexity index is 846. The third-order valence-electron chi connectivity index (χ3n) is 3.55. The molecule has 2 aromatic rings. The summed E-state index contributed by atoms with van der Waals surface area (Å²) < 4.78 is 10.1.